The van der Waals surface area contributed by atoms with Crippen LogP contribution in [-0.2, 0) is 32.6 Å². The van der Waals surface area contributed by atoms with Crippen molar-refractivity contribution >= 4 is 11.8 Å². The number of benzene rings is 1. The molecule has 4 heteroatoms. The molecule has 2 aliphatic rings. The number of rotatable bonds is 5. The van der Waals surface area contributed by atoms with E-state index in [1.807, 2.05) is 12.1 Å². The zero-order valence-corrected chi connectivity index (χ0v) is 15.3. The number of ketones is 1. The van der Waals surface area contributed by atoms with Gasteiger partial charge in [0.25, 0.3) is 0 Å². The number of methoxy groups -OCH3 is 2. The third-order valence-corrected chi connectivity index (χ3v) is 5.76. The maximum absolute atomic E-state index is 11.9. The van der Waals surface area contributed by atoms with Crippen molar-refractivity contribution in [3.05, 3.63) is 40.5 Å². The number of hydrogen-bond donors (Lipinski definition) is 0. The molecule has 0 spiro atoms. The summed E-state index contributed by atoms with van der Waals surface area (Å²) in [6, 6.07) is 4.16. The van der Waals surface area contributed by atoms with Crippen molar-refractivity contribution < 1.29 is 19.1 Å². The second-order valence-electron chi connectivity index (χ2n) is 7.18. The Kier molecular flexibility index (Phi) is 4.98. The van der Waals surface area contributed by atoms with Gasteiger partial charge in [0.2, 0.25) is 0 Å². The van der Waals surface area contributed by atoms with E-state index in [-0.39, 0.29) is 17.2 Å². The van der Waals surface area contributed by atoms with Crippen LogP contribution >= 0.6 is 0 Å². The summed E-state index contributed by atoms with van der Waals surface area (Å²) in [5.41, 5.74) is 5.00. The zero-order chi connectivity index (χ0) is 18.0. The molecule has 134 valence electrons. The highest BCUT2D eigenvalue weighted by Crippen LogP contribution is 2.50. The molecular weight excluding hydrogens is 316 g/mol. The van der Waals surface area contributed by atoms with Crippen LogP contribution in [0.2, 0.25) is 0 Å². The molecule has 1 aromatic rings. The third kappa shape index (κ3) is 3.22. The van der Waals surface area contributed by atoms with Crippen molar-refractivity contribution in [2.75, 3.05) is 14.2 Å². The number of fused-ring (bicyclic) bond motifs is 3. The Balaban J connectivity index is 1.97. The molecule has 2 aliphatic carbocycles. The SMILES string of the molecule is COC(=O)CCCc1ccc(OC)c2c1CCC1=CC(=O)CCC12C. The average Bonchev–Trinajstić information content (AvgIpc) is 2.62. The molecule has 1 unspecified atom stereocenters. The van der Waals surface area contributed by atoms with Gasteiger partial charge in [-0.25, -0.2) is 0 Å². The van der Waals surface area contributed by atoms with Crippen molar-refractivity contribution in [1.82, 2.24) is 0 Å². The second kappa shape index (κ2) is 7.03. The number of hydrogen-bond acceptors (Lipinski definition) is 4. The summed E-state index contributed by atoms with van der Waals surface area (Å²) >= 11 is 0. The predicted molar refractivity (Wildman–Crippen MR) is 95.9 cm³/mol. The summed E-state index contributed by atoms with van der Waals surface area (Å²) in [7, 11) is 3.14. The Hall–Kier alpha value is -2.10. The third-order valence-electron chi connectivity index (χ3n) is 5.76. The quantitative estimate of drug-likeness (QED) is 0.766. The molecule has 0 heterocycles. The zero-order valence-electron chi connectivity index (χ0n) is 15.3. The van der Waals surface area contributed by atoms with Gasteiger partial charge in [-0.05, 0) is 55.4 Å². The lowest BCUT2D eigenvalue weighted by Crippen LogP contribution is -2.35. The molecule has 0 aliphatic heterocycles. The van der Waals surface area contributed by atoms with Crippen LogP contribution in [0.1, 0.15) is 55.7 Å². The molecule has 0 saturated heterocycles. The van der Waals surface area contributed by atoms with Gasteiger partial charge >= 0.3 is 5.97 Å². The predicted octanol–water partition coefficient (Wildman–Crippen LogP) is 3.68. The molecule has 0 amide bonds. The van der Waals surface area contributed by atoms with Crippen molar-refractivity contribution in [3.8, 4) is 5.75 Å². The Morgan fingerprint density at radius 3 is 2.72 bits per heavy atom. The highest BCUT2D eigenvalue weighted by Gasteiger charge is 2.41. The van der Waals surface area contributed by atoms with Gasteiger partial charge in [-0.3, -0.25) is 9.59 Å². The molecular formula is C21H26O4. The summed E-state index contributed by atoms with van der Waals surface area (Å²) in [6.45, 7) is 2.24. The molecule has 0 radical (unpaired) electrons. The van der Waals surface area contributed by atoms with Crippen LogP contribution in [0.5, 0.6) is 5.75 Å². The molecule has 4 nitrogen and oxygen atoms in total. The molecule has 0 saturated carbocycles. The first-order chi connectivity index (χ1) is 12.0. The fraction of sp³-hybridized carbons (Fsp3) is 0.524. The van der Waals surface area contributed by atoms with Crippen LogP contribution in [0.15, 0.2) is 23.8 Å². The summed E-state index contributed by atoms with van der Waals surface area (Å²) in [5.74, 6) is 0.989. The first-order valence-corrected chi connectivity index (χ1v) is 8.99. The Bertz CT molecular complexity index is 732. The molecule has 0 N–H and O–H groups in total. The monoisotopic (exact) mass is 342 g/mol. The van der Waals surface area contributed by atoms with Crippen molar-refractivity contribution in [2.24, 2.45) is 0 Å². The molecule has 1 atom stereocenters. The number of aryl methyl sites for hydroxylation is 1. The van der Waals surface area contributed by atoms with E-state index >= 15 is 0 Å². The highest BCUT2D eigenvalue weighted by molar-refractivity contribution is 5.92. The van der Waals surface area contributed by atoms with E-state index in [1.54, 1.807) is 7.11 Å². The van der Waals surface area contributed by atoms with Gasteiger partial charge in [0.1, 0.15) is 5.75 Å². The fourth-order valence-corrected chi connectivity index (χ4v) is 4.34. The van der Waals surface area contributed by atoms with E-state index < -0.39 is 0 Å². The fourth-order valence-electron chi connectivity index (χ4n) is 4.34. The van der Waals surface area contributed by atoms with Gasteiger partial charge in [0, 0.05) is 23.8 Å². The van der Waals surface area contributed by atoms with Crippen LogP contribution in [0.4, 0.5) is 0 Å². The van der Waals surface area contributed by atoms with E-state index in [1.165, 1.54) is 29.4 Å². The molecule has 0 bridgehead atoms. The summed E-state index contributed by atoms with van der Waals surface area (Å²) in [5, 5.41) is 0. The van der Waals surface area contributed by atoms with Gasteiger partial charge in [-0.2, -0.15) is 0 Å². The number of ether oxygens (including phenoxy) is 2. The van der Waals surface area contributed by atoms with Gasteiger partial charge in [-0.1, -0.05) is 18.6 Å². The first kappa shape index (κ1) is 17.7. The lowest BCUT2D eigenvalue weighted by atomic mass is 9.62. The lowest BCUT2D eigenvalue weighted by molar-refractivity contribution is -0.140. The maximum atomic E-state index is 11.9. The molecule has 3 rings (SSSR count). The van der Waals surface area contributed by atoms with E-state index in [0.717, 1.165) is 37.9 Å². The Labute approximate surface area is 149 Å². The summed E-state index contributed by atoms with van der Waals surface area (Å²) < 4.78 is 10.4. The van der Waals surface area contributed by atoms with Crippen LogP contribution in [0.25, 0.3) is 0 Å². The molecule has 1 aromatic carbocycles. The maximum Gasteiger partial charge on any atom is 0.305 e. The normalized spacial score (nSPS) is 21.9. The van der Waals surface area contributed by atoms with E-state index in [9.17, 15) is 9.59 Å². The smallest absolute Gasteiger partial charge is 0.305 e. The van der Waals surface area contributed by atoms with Crippen LogP contribution in [0, 0.1) is 0 Å². The minimum Gasteiger partial charge on any atom is -0.496 e. The van der Waals surface area contributed by atoms with Gasteiger partial charge in [0.05, 0.1) is 14.2 Å². The molecule has 25 heavy (non-hydrogen) atoms. The summed E-state index contributed by atoms with van der Waals surface area (Å²) in [6.07, 6.45) is 7.21. The minimum atomic E-state index is -0.162. The number of esters is 1. The molecule has 0 fully saturated rings. The van der Waals surface area contributed by atoms with Crippen molar-refractivity contribution in [2.45, 2.75) is 57.3 Å². The standard InChI is InChI=1S/C21H26O4/c1-21-12-11-16(22)13-15(21)8-9-17-14(5-4-6-19(23)25-3)7-10-18(24-2)20(17)21/h7,10,13H,4-6,8-9,11-12H2,1-3H3. The topological polar surface area (TPSA) is 52.6 Å². The minimum absolute atomic E-state index is 0.120. The highest BCUT2D eigenvalue weighted by atomic mass is 16.5. The number of carbonyl (C=O) groups is 2. The molecule has 0 aromatic heterocycles. The second-order valence-corrected chi connectivity index (χ2v) is 7.18. The Morgan fingerprint density at radius 2 is 2.00 bits per heavy atom. The number of allylic oxidation sites excluding steroid dienone is 2. The van der Waals surface area contributed by atoms with E-state index in [4.69, 9.17) is 9.47 Å². The van der Waals surface area contributed by atoms with E-state index in [2.05, 4.69) is 13.0 Å². The van der Waals surface area contributed by atoms with E-state index in [0.29, 0.717) is 12.8 Å². The van der Waals surface area contributed by atoms with Gasteiger partial charge in [0.15, 0.2) is 5.78 Å². The van der Waals surface area contributed by atoms with Crippen LogP contribution < -0.4 is 4.74 Å². The summed E-state index contributed by atoms with van der Waals surface area (Å²) in [4.78, 5) is 23.3. The first-order valence-electron chi connectivity index (χ1n) is 8.99. The van der Waals surface area contributed by atoms with Crippen LogP contribution in [0.3, 0.4) is 0 Å². The van der Waals surface area contributed by atoms with Crippen molar-refractivity contribution in [1.29, 1.82) is 0 Å². The average molecular weight is 342 g/mol. The van der Waals surface area contributed by atoms with Crippen LogP contribution in [-0.4, -0.2) is 26.0 Å². The Morgan fingerprint density at radius 1 is 1.20 bits per heavy atom. The number of carbonyl (C=O) groups excluding carboxylic acids is 2. The lowest BCUT2D eigenvalue weighted by Gasteiger charge is -2.42. The van der Waals surface area contributed by atoms with Crippen molar-refractivity contribution in [3.63, 3.8) is 0 Å². The van der Waals surface area contributed by atoms with Gasteiger partial charge < -0.3 is 9.47 Å². The largest absolute Gasteiger partial charge is 0.496 e. The van der Waals surface area contributed by atoms with Gasteiger partial charge in [-0.15, -0.1) is 0 Å².